The molecule has 11 atom stereocenters. The van der Waals surface area contributed by atoms with E-state index >= 15 is 0 Å². The maximum atomic E-state index is 14.1. The van der Waals surface area contributed by atoms with Crippen LogP contribution in [0.4, 0.5) is 4.79 Å². The number of nitrogens with zero attached hydrogens (tertiary/aromatic N) is 2. The van der Waals surface area contributed by atoms with Gasteiger partial charge in [0.05, 0.1) is 62.0 Å². The zero-order valence-corrected chi connectivity index (χ0v) is 47.1. The first-order chi connectivity index (χ1) is 36.1. The van der Waals surface area contributed by atoms with Gasteiger partial charge in [-0.05, 0) is 64.0 Å². The molecule has 1 aliphatic rings. The fourth-order valence-electron chi connectivity index (χ4n) is 8.78. The number of amides is 7. The predicted octanol–water partition coefficient (Wildman–Crippen LogP) is 1.42. The number of methoxy groups -OCH3 is 3. The first-order valence-corrected chi connectivity index (χ1v) is 26.5. The number of ether oxygens (including phenoxy) is 6. The second-order valence-corrected chi connectivity index (χ2v) is 19.8. The molecule has 432 valence electrons. The molecule has 1 aromatic rings. The minimum absolute atomic E-state index is 0.00440. The van der Waals surface area contributed by atoms with E-state index in [2.05, 4.69) is 31.9 Å². The third-order valence-electron chi connectivity index (χ3n) is 13.6. The number of hydrogen-bond acceptors (Lipinski definition) is 16. The Kier molecular flexibility index (Phi) is 30.7. The summed E-state index contributed by atoms with van der Waals surface area (Å²) in [5.74, 6) is -4.02. The van der Waals surface area contributed by atoms with Crippen molar-refractivity contribution in [2.24, 2.45) is 17.8 Å². The van der Waals surface area contributed by atoms with Crippen molar-refractivity contribution in [1.29, 1.82) is 0 Å². The average Bonchev–Trinajstić information content (AvgIpc) is 3.88. The summed E-state index contributed by atoms with van der Waals surface area (Å²) in [7, 11) is 7.67. The van der Waals surface area contributed by atoms with Gasteiger partial charge in [0.25, 0.3) is 0 Å². The van der Waals surface area contributed by atoms with Crippen LogP contribution in [0.1, 0.15) is 99.5 Å². The standard InChI is InChI=1S/C53H90N8O15/c1-14-38(30-62)76-44(72-12)31-75-53(70)56-25-23-42(63)57-35(7)52(69)74-27-19-24-55-49(66)39(28-37-20-16-15-17-21-37)58-48(65)34(6)47(73-13)40-22-18-26-61(40)43(64)29-41(71-11)36(8)60(10)51(68)46(33(4)5)59-50(67)45(54-9)32(2)3/h15-17,20-21,32-36,38-41,44-47,54,62H,14,18-19,22-31H2,1-13H3,(H,55,66)(H,56,70)(H,57,63)(H,58,65)(H,59,67)/t34-,35+,36+,38?,39+,40+,41-,44?,45+,46+,47-/m1/s1. The Hall–Kier alpha value is -5.46. The van der Waals surface area contributed by atoms with Crippen LogP contribution >= 0.6 is 0 Å². The number of alkyl carbamates (subject to hydrolysis) is 1. The van der Waals surface area contributed by atoms with Gasteiger partial charge in [-0.25, -0.2) is 9.59 Å². The fraction of sp³-hybridized carbons (Fsp3) is 0.736. The number of hydrogen-bond donors (Lipinski definition) is 7. The minimum atomic E-state index is -1.01. The van der Waals surface area contributed by atoms with Crippen LogP contribution in [0.15, 0.2) is 30.3 Å². The number of aliphatic hydroxyl groups is 1. The lowest BCUT2D eigenvalue weighted by atomic mass is 9.93. The molecule has 0 aliphatic carbocycles. The van der Waals surface area contributed by atoms with Crippen LogP contribution in [-0.4, -0.2) is 198 Å². The molecule has 2 rings (SSSR count). The highest BCUT2D eigenvalue weighted by Crippen LogP contribution is 2.28. The Labute approximate surface area is 449 Å². The van der Waals surface area contributed by atoms with Crippen molar-refractivity contribution in [2.75, 3.05) is 74.9 Å². The monoisotopic (exact) mass is 1080 g/mol. The Bertz CT molecular complexity index is 1960. The first kappa shape index (κ1) is 66.7. The van der Waals surface area contributed by atoms with Gasteiger partial charge < -0.3 is 75.2 Å². The smallest absolute Gasteiger partial charge is 0.407 e. The normalized spacial score (nSPS) is 17.4. The largest absolute Gasteiger partial charge is 0.464 e. The lowest BCUT2D eigenvalue weighted by Gasteiger charge is -2.37. The lowest BCUT2D eigenvalue weighted by Crippen LogP contribution is -2.58. The van der Waals surface area contributed by atoms with Crippen molar-refractivity contribution in [2.45, 2.75) is 161 Å². The van der Waals surface area contributed by atoms with E-state index in [1.807, 2.05) is 65.0 Å². The summed E-state index contributed by atoms with van der Waals surface area (Å²) in [6, 6.07) is 4.84. The van der Waals surface area contributed by atoms with Crippen molar-refractivity contribution in [3.63, 3.8) is 0 Å². The number of rotatable bonds is 35. The van der Waals surface area contributed by atoms with Gasteiger partial charge in [-0.15, -0.1) is 0 Å². The molecule has 0 radical (unpaired) electrons. The quantitative estimate of drug-likeness (QED) is 0.0288. The molecule has 0 bridgehead atoms. The molecule has 0 aromatic heterocycles. The number of carbonyl (C=O) groups is 8. The summed E-state index contributed by atoms with van der Waals surface area (Å²) in [6.07, 6.45) is -1.70. The number of likely N-dealkylation sites (tertiary alicyclic amines) is 1. The summed E-state index contributed by atoms with van der Waals surface area (Å²) in [4.78, 5) is 109. The summed E-state index contributed by atoms with van der Waals surface area (Å²) >= 11 is 0. The van der Waals surface area contributed by atoms with Crippen LogP contribution < -0.4 is 31.9 Å². The molecule has 76 heavy (non-hydrogen) atoms. The molecular formula is C53H90N8O15. The molecule has 0 spiro atoms. The third kappa shape index (κ3) is 21.9. The van der Waals surface area contributed by atoms with Gasteiger partial charge in [-0.2, -0.15) is 0 Å². The van der Waals surface area contributed by atoms with E-state index in [4.69, 9.17) is 28.4 Å². The molecule has 23 nitrogen and oxygen atoms in total. The number of likely N-dealkylation sites (N-methyl/N-ethyl adjacent to an activating group) is 2. The predicted molar refractivity (Wildman–Crippen MR) is 282 cm³/mol. The summed E-state index contributed by atoms with van der Waals surface area (Å²) in [5.41, 5.74) is 0.796. The Morgan fingerprint density at radius 3 is 2.05 bits per heavy atom. The maximum Gasteiger partial charge on any atom is 0.407 e. The van der Waals surface area contributed by atoms with Gasteiger partial charge in [0.1, 0.15) is 24.7 Å². The number of aliphatic hydroxyl groups excluding tert-OH is 1. The highest BCUT2D eigenvalue weighted by atomic mass is 16.7. The molecule has 7 N–H and O–H groups in total. The van der Waals surface area contributed by atoms with E-state index in [9.17, 15) is 43.5 Å². The Morgan fingerprint density at radius 2 is 1.47 bits per heavy atom. The van der Waals surface area contributed by atoms with Crippen LogP contribution in [-0.2, 0) is 68.4 Å². The number of carbonyl (C=O) groups excluding carboxylic acids is 8. The summed E-state index contributed by atoms with van der Waals surface area (Å²) in [6.45, 7) is 14.2. The number of benzene rings is 1. The fourth-order valence-corrected chi connectivity index (χ4v) is 8.78. The number of nitrogens with one attached hydrogen (secondary N) is 6. The molecule has 1 aliphatic heterocycles. The van der Waals surface area contributed by atoms with E-state index < -0.39 is 96.6 Å². The molecule has 1 heterocycles. The second kappa shape index (κ2) is 35.1. The average molecular weight is 1080 g/mol. The highest BCUT2D eigenvalue weighted by molar-refractivity contribution is 5.91. The van der Waals surface area contributed by atoms with E-state index in [0.29, 0.717) is 25.8 Å². The van der Waals surface area contributed by atoms with Crippen molar-refractivity contribution < 1.29 is 71.9 Å². The second-order valence-electron chi connectivity index (χ2n) is 19.8. The van der Waals surface area contributed by atoms with Crippen molar-refractivity contribution in [3.8, 4) is 0 Å². The summed E-state index contributed by atoms with van der Waals surface area (Å²) < 4.78 is 32.8. The molecule has 1 aromatic carbocycles. The van der Waals surface area contributed by atoms with Crippen LogP contribution in [0.25, 0.3) is 0 Å². The van der Waals surface area contributed by atoms with E-state index in [1.165, 1.54) is 33.2 Å². The molecule has 0 saturated carbocycles. The molecule has 7 amide bonds. The van der Waals surface area contributed by atoms with Crippen molar-refractivity contribution >= 4 is 47.5 Å². The van der Waals surface area contributed by atoms with Gasteiger partial charge in [0.2, 0.25) is 35.4 Å². The SMILES string of the molecule is CCC(CO)OC(COC(=O)NCCC(=O)N[C@@H](C)C(=O)OCCCNC(=O)[C@H](Cc1ccccc1)NC(=O)[C@H](C)[C@@H](OC)[C@@H]1CCCN1C(=O)C[C@@H](OC)[C@H](C)N(C)C(=O)[C@@H](NC(=O)[C@@H](NC)C(C)C)C(C)C)OC. The van der Waals surface area contributed by atoms with Crippen molar-refractivity contribution in [1.82, 2.24) is 41.7 Å². The van der Waals surface area contributed by atoms with Gasteiger partial charge in [-0.1, -0.05) is 71.9 Å². The van der Waals surface area contributed by atoms with Crippen LogP contribution in [0, 0.1) is 17.8 Å². The van der Waals surface area contributed by atoms with Gasteiger partial charge >= 0.3 is 12.1 Å². The maximum absolute atomic E-state index is 14.1. The van der Waals surface area contributed by atoms with Gasteiger partial charge in [0.15, 0.2) is 6.29 Å². The minimum Gasteiger partial charge on any atom is -0.464 e. The Morgan fingerprint density at radius 1 is 0.803 bits per heavy atom. The molecule has 2 unspecified atom stereocenters. The number of esters is 1. The Balaban J connectivity index is 1.99. The van der Waals surface area contributed by atoms with Crippen LogP contribution in [0.5, 0.6) is 0 Å². The van der Waals surface area contributed by atoms with Gasteiger partial charge in [-0.3, -0.25) is 28.8 Å². The van der Waals surface area contributed by atoms with E-state index in [1.54, 1.807) is 32.8 Å². The molecular weight excluding hydrogens is 989 g/mol. The van der Waals surface area contributed by atoms with Crippen molar-refractivity contribution in [3.05, 3.63) is 35.9 Å². The topological polar surface area (TPSA) is 291 Å². The van der Waals surface area contributed by atoms with Gasteiger partial charge in [0, 0.05) is 60.9 Å². The lowest BCUT2D eigenvalue weighted by molar-refractivity contribution is -0.181. The zero-order chi connectivity index (χ0) is 57.1. The first-order valence-electron chi connectivity index (χ1n) is 26.5. The van der Waals surface area contributed by atoms with Crippen LogP contribution in [0.2, 0.25) is 0 Å². The molecule has 1 saturated heterocycles. The summed E-state index contributed by atoms with van der Waals surface area (Å²) in [5, 5.41) is 25.9. The highest BCUT2D eigenvalue weighted by Gasteiger charge is 2.42. The van der Waals surface area contributed by atoms with E-state index in [-0.39, 0.29) is 88.2 Å². The van der Waals surface area contributed by atoms with E-state index in [0.717, 1.165) is 5.56 Å². The molecule has 1 fully saturated rings. The third-order valence-corrected chi connectivity index (χ3v) is 13.6. The zero-order valence-electron chi connectivity index (χ0n) is 47.1. The van der Waals surface area contributed by atoms with Crippen LogP contribution in [0.3, 0.4) is 0 Å². The molecule has 23 heteroatoms.